The standard InChI is InChI=1S/C12H12.CH3I.CH4S/c1-9-7-8-10(2)12-6-4-3-5-11(9)12;2*1-2/h3-8H,1-2H3;1H3;2H,1H3. The molecule has 0 fully saturated rings. The fourth-order valence-electron chi connectivity index (χ4n) is 1.60. The molecule has 0 N–H and O–H groups in total. The lowest BCUT2D eigenvalue weighted by Crippen LogP contribution is -1.80. The number of hydrogen-bond acceptors (Lipinski definition) is 1. The molecule has 0 aliphatic rings. The van der Waals surface area contributed by atoms with Gasteiger partial charge in [0.1, 0.15) is 0 Å². The summed E-state index contributed by atoms with van der Waals surface area (Å²) in [7, 11) is 0. The van der Waals surface area contributed by atoms with Gasteiger partial charge < -0.3 is 0 Å². The molecule has 2 heteroatoms. The molecule has 0 aromatic heterocycles. The van der Waals surface area contributed by atoms with E-state index in [1.165, 1.54) is 21.9 Å². The van der Waals surface area contributed by atoms with Gasteiger partial charge in [-0.3, -0.25) is 0 Å². The van der Waals surface area contributed by atoms with Crippen LogP contribution >= 0.6 is 35.2 Å². The molecule has 88 valence electrons. The molecule has 2 aromatic carbocycles. The van der Waals surface area contributed by atoms with E-state index in [0.29, 0.717) is 0 Å². The number of alkyl halides is 1. The summed E-state index contributed by atoms with van der Waals surface area (Å²) >= 11 is 5.68. The Bertz CT molecular complexity index is 384. The van der Waals surface area contributed by atoms with Crippen LogP contribution in [0.1, 0.15) is 11.1 Å². The number of halogens is 1. The van der Waals surface area contributed by atoms with E-state index in [2.05, 4.69) is 85.5 Å². The minimum atomic E-state index is 1.36. The quantitative estimate of drug-likeness (QED) is 0.385. The van der Waals surface area contributed by atoms with Crippen molar-refractivity contribution in [2.24, 2.45) is 0 Å². The number of thiol groups is 1. The smallest absolute Gasteiger partial charge is 0.0121 e. The summed E-state index contributed by atoms with van der Waals surface area (Å²) < 4.78 is 0. The fourth-order valence-corrected chi connectivity index (χ4v) is 1.60. The van der Waals surface area contributed by atoms with Crippen LogP contribution in [0.15, 0.2) is 36.4 Å². The summed E-state index contributed by atoms with van der Waals surface area (Å²) in [5.74, 6) is 0. The highest BCUT2D eigenvalue weighted by atomic mass is 127. The van der Waals surface area contributed by atoms with Gasteiger partial charge in [-0.2, -0.15) is 12.6 Å². The van der Waals surface area contributed by atoms with Crippen LogP contribution in [0, 0.1) is 13.8 Å². The second-order valence-corrected chi connectivity index (χ2v) is 3.24. The Labute approximate surface area is 118 Å². The second kappa shape index (κ2) is 8.88. The Morgan fingerprint density at radius 2 is 1.06 bits per heavy atom. The highest BCUT2D eigenvalue weighted by Crippen LogP contribution is 2.20. The minimum absolute atomic E-state index is 1.36. The molecule has 0 aliphatic carbocycles. The van der Waals surface area contributed by atoms with E-state index in [1.807, 2.05) is 4.93 Å². The normalized spacial score (nSPS) is 8.62. The molecule has 0 aliphatic heterocycles. The van der Waals surface area contributed by atoms with Crippen molar-refractivity contribution in [2.45, 2.75) is 13.8 Å². The number of fused-ring (bicyclic) bond motifs is 1. The van der Waals surface area contributed by atoms with Crippen molar-refractivity contribution < 1.29 is 0 Å². The summed E-state index contributed by atoms with van der Waals surface area (Å²) in [6.45, 7) is 4.31. The Balaban J connectivity index is 0.000000509. The van der Waals surface area contributed by atoms with Gasteiger partial charge in [-0.15, -0.1) is 0 Å². The lowest BCUT2D eigenvalue weighted by atomic mass is 10.0. The van der Waals surface area contributed by atoms with Crippen LogP contribution in [0.2, 0.25) is 0 Å². The second-order valence-electron chi connectivity index (χ2n) is 3.24. The number of aryl methyl sites for hydroxylation is 2. The van der Waals surface area contributed by atoms with Gasteiger partial charge in [-0.25, -0.2) is 0 Å². The summed E-state index contributed by atoms with van der Waals surface area (Å²) in [6.07, 6.45) is 1.69. The molecule has 0 spiro atoms. The first-order chi connectivity index (χ1) is 7.79. The van der Waals surface area contributed by atoms with Gasteiger partial charge in [0.2, 0.25) is 0 Å². The van der Waals surface area contributed by atoms with Crippen LogP contribution in [0.3, 0.4) is 0 Å². The molecule has 0 amide bonds. The third-order valence-electron chi connectivity index (χ3n) is 2.36. The van der Waals surface area contributed by atoms with E-state index in [1.54, 1.807) is 6.26 Å². The van der Waals surface area contributed by atoms with E-state index >= 15 is 0 Å². The first-order valence-corrected chi connectivity index (χ1v) is 8.12. The minimum Gasteiger partial charge on any atom is -0.183 e. The fraction of sp³-hybridized carbons (Fsp3) is 0.286. The largest absolute Gasteiger partial charge is 0.183 e. The molecule has 2 aromatic rings. The van der Waals surface area contributed by atoms with Crippen LogP contribution in [0.4, 0.5) is 0 Å². The van der Waals surface area contributed by atoms with E-state index in [-0.39, 0.29) is 0 Å². The monoisotopic (exact) mass is 346 g/mol. The molecule has 0 atom stereocenters. The predicted octanol–water partition coefficient (Wildman–Crippen LogP) is 5.05. The average Bonchev–Trinajstić information content (AvgIpc) is 2.39. The molecule has 0 heterocycles. The first-order valence-electron chi connectivity index (χ1n) is 5.06. The van der Waals surface area contributed by atoms with Crippen molar-refractivity contribution >= 4 is 46.0 Å². The van der Waals surface area contributed by atoms with Crippen molar-refractivity contribution in [3.8, 4) is 0 Å². The van der Waals surface area contributed by atoms with Crippen molar-refractivity contribution in [2.75, 3.05) is 11.2 Å². The molecule has 0 saturated heterocycles. The van der Waals surface area contributed by atoms with E-state index in [4.69, 9.17) is 0 Å². The van der Waals surface area contributed by atoms with Gasteiger partial charge in [0.25, 0.3) is 0 Å². The molecule has 16 heavy (non-hydrogen) atoms. The molecule has 0 nitrogen and oxygen atoms in total. The molecular formula is C14H19IS. The average molecular weight is 346 g/mol. The molecule has 0 unspecified atom stereocenters. The molecule has 0 bridgehead atoms. The maximum atomic E-state index is 3.53. The van der Waals surface area contributed by atoms with Crippen molar-refractivity contribution in [3.05, 3.63) is 47.5 Å². The van der Waals surface area contributed by atoms with Crippen molar-refractivity contribution in [3.63, 3.8) is 0 Å². The highest BCUT2D eigenvalue weighted by molar-refractivity contribution is 14.1. The third-order valence-corrected chi connectivity index (χ3v) is 2.36. The zero-order valence-corrected chi connectivity index (χ0v) is 13.3. The summed E-state index contributed by atoms with van der Waals surface area (Å²) in [5.41, 5.74) is 2.72. The maximum absolute atomic E-state index is 3.53. The predicted molar refractivity (Wildman–Crippen MR) is 88.3 cm³/mol. The van der Waals surface area contributed by atoms with E-state index in [9.17, 15) is 0 Å². The third kappa shape index (κ3) is 3.98. The Morgan fingerprint density at radius 1 is 0.750 bits per heavy atom. The lowest BCUT2D eigenvalue weighted by Gasteiger charge is -2.03. The van der Waals surface area contributed by atoms with E-state index in [0.717, 1.165) is 0 Å². The summed E-state index contributed by atoms with van der Waals surface area (Å²) in [4.78, 5) is 1.97. The van der Waals surface area contributed by atoms with Crippen LogP contribution in [-0.2, 0) is 0 Å². The summed E-state index contributed by atoms with van der Waals surface area (Å²) in [6, 6.07) is 12.9. The van der Waals surface area contributed by atoms with Gasteiger partial charge in [-0.1, -0.05) is 59.0 Å². The van der Waals surface area contributed by atoms with Crippen molar-refractivity contribution in [1.29, 1.82) is 0 Å². The zero-order chi connectivity index (χ0) is 12.6. The molecule has 2 rings (SSSR count). The topological polar surface area (TPSA) is 0 Å². The van der Waals surface area contributed by atoms with Crippen LogP contribution in [0.25, 0.3) is 10.8 Å². The molecular weight excluding hydrogens is 327 g/mol. The lowest BCUT2D eigenvalue weighted by molar-refractivity contribution is 1.46. The SMILES string of the molecule is CI.CS.Cc1ccc(C)c2ccccc12. The van der Waals surface area contributed by atoms with Crippen LogP contribution in [0.5, 0.6) is 0 Å². The van der Waals surface area contributed by atoms with Crippen LogP contribution in [-0.4, -0.2) is 11.2 Å². The van der Waals surface area contributed by atoms with Crippen molar-refractivity contribution in [1.82, 2.24) is 0 Å². The Hall–Kier alpha value is -0.220. The van der Waals surface area contributed by atoms with E-state index < -0.39 is 0 Å². The summed E-state index contributed by atoms with van der Waals surface area (Å²) in [5, 5.41) is 2.75. The number of benzene rings is 2. The Morgan fingerprint density at radius 3 is 1.38 bits per heavy atom. The first kappa shape index (κ1) is 15.8. The van der Waals surface area contributed by atoms with Crippen LogP contribution < -0.4 is 0 Å². The van der Waals surface area contributed by atoms with Gasteiger partial charge >= 0.3 is 0 Å². The van der Waals surface area contributed by atoms with Gasteiger partial charge in [0.15, 0.2) is 0 Å². The Kier molecular flexibility index (Phi) is 8.76. The van der Waals surface area contributed by atoms with Gasteiger partial charge in [-0.05, 0) is 46.9 Å². The molecule has 0 saturated carbocycles. The van der Waals surface area contributed by atoms with Gasteiger partial charge in [0.05, 0.1) is 0 Å². The number of hydrogen-bond donors (Lipinski definition) is 1. The van der Waals surface area contributed by atoms with Gasteiger partial charge in [0, 0.05) is 0 Å². The highest BCUT2D eigenvalue weighted by Gasteiger charge is 1.97. The molecule has 0 radical (unpaired) electrons. The number of rotatable bonds is 0. The maximum Gasteiger partial charge on any atom is -0.0121 e. The zero-order valence-electron chi connectivity index (χ0n) is 10.3.